The van der Waals surface area contributed by atoms with Crippen molar-refractivity contribution in [3.63, 3.8) is 0 Å². The second-order valence-corrected chi connectivity index (χ2v) is 8.21. The number of ether oxygens (including phenoxy) is 1. The van der Waals surface area contributed by atoms with Crippen molar-refractivity contribution < 1.29 is 19.7 Å². The molecule has 4 heteroatoms. The summed E-state index contributed by atoms with van der Waals surface area (Å²) in [6, 6.07) is 4.48. The predicted molar refractivity (Wildman–Crippen MR) is 124 cm³/mol. The minimum Gasteiger partial charge on any atom is -0.504 e. The van der Waals surface area contributed by atoms with Crippen LogP contribution >= 0.6 is 0 Å². The van der Waals surface area contributed by atoms with Gasteiger partial charge in [0.2, 0.25) is 0 Å². The lowest BCUT2D eigenvalue weighted by Crippen LogP contribution is -2.08. The Morgan fingerprint density at radius 2 is 1.43 bits per heavy atom. The van der Waals surface area contributed by atoms with E-state index in [2.05, 4.69) is 19.1 Å². The Morgan fingerprint density at radius 3 is 2.03 bits per heavy atom. The first-order valence-electron chi connectivity index (χ1n) is 11.9. The molecule has 1 aromatic carbocycles. The van der Waals surface area contributed by atoms with Gasteiger partial charge in [0.1, 0.15) is 6.10 Å². The van der Waals surface area contributed by atoms with E-state index in [1.54, 1.807) is 13.0 Å². The van der Waals surface area contributed by atoms with Crippen LogP contribution in [0.3, 0.4) is 0 Å². The van der Waals surface area contributed by atoms with Crippen molar-refractivity contribution in [2.24, 2.45) is 0 Å². The highest BCUT2D eigenvalue weighted by Gasteiger charge is 2.13. The normalized spacial score (nSPS) is 12.3. The number of aromatic hydroxyl groups is 2. The molecular formula is C26H42O4. The summed E-state index contributed by atoms with van der Waals surface area (Å²) in [6.45, 7) is 4.02. The lowest BCUT2D eigenvalue weighted by Gasteiger charge is -2.14. The number of carbonyl (C=O) groups excluding carboxylic acids is 1. The molecule has 1 unspecified atom stereocenters. The second kappa shape index (κ2) is 16.8. The third kappa shape index (κ3) is 12.6. The molecule has 0 aromatic heterocycles. The third-order valence-corrected chi connectivity index (χ3v) is 5.42. The Bertz CT molecular complexity index is 609. The molecule has 0 fully saturated rings. The zero-order valence-corrected chi connectivity index (χ0v) is 19.1. The van der Waals surface area contributed by atoms with Gasteiger partial charge in [-0.2, -0.15) is 0 Å². The fourth-order valence-electron chi connectivity index (χ4n) is 3.46. The van der Waals surface area contributed by atoms with Gasteiger partial charge < -0.3 is 14.9 Å². The van der Waals surface area contributed by atoms with Crippen molar-refractivity contribution in [2.75, 3.05) is 0 Å². The molecule has 2 N–H and O–H groups in total. The summed E-state index contributed by atoms with van der Waals surface area (Å²) in [5.41, 5.74) is 0.670. The number of allylic oxidation sites excluding steroid dienone is 2. The highest BCUT2D eigenvalue weighted by molar-refractivity contribution is 5.69. The van der Waals surface area contributed by atoms with Crippen LogP contribution in [-0.2, 0) is 9.53 Å². The average molecular weight is 419 g/mol. The topological polar surface area (TPSA) is 66.8 Å². The van der Waals surface area contributed by atoms with Gasteiger partial charge in [-0.05, 0) is 56.7 Å². The van der Waals surface area contributed by atoms with E-state index in [9.17, 15) is 15.0 Å². The van der Waals surface area contributed by atoms with E-state index in [-0.39, 0.29) is 17.5 Å². The first-order valence-corrected chi connectivity index (χ1v) is 11.9. The maximum atomic E-state index is 12.0. The number of rotatable bonds is 17. The molecule has 30 heavy (non-hydrogen) atoms. The molecule has 0 bridgehead atoms. The molecule has 0 saturated carbocycles. The molecule has 0 aliphatic heterocycles. The van der Waals surface area contributed by atoms with Crippen molar-refractivity contribution in [2.45, 2.75) is 110 Å². The number of carbonyl (C=O) groups is 1. The molecule has 1 rings (SSSR count). The second-order valence-electron chi connectivity index (χ2n) is 8.21. The summed E-state index contributed by atoms with van der Waals surface area (Å²) in [5, 5.41) is 18.9. The summed E-state index contributed by atoms with van der Waals surface area (Å²) in [7, 11) is 0. The van der Waals surface area contributed by atoms with Gasteiger partial charge in [-0.15, -0.1) is 0 Å². The Hall–Kier alpha value is -1.97. The fraction of sp³-hybridized carbons (Fsp3) is 0.654. The first-order chi connectivity index (χ1) is 14.5. The van der Waals surface area contributed by atoms with Gasteiger partial charge in [-0.1, -0.05) is 76.5 Å². The Kier molecular flexibility index (Phi) is 14.6. The van der Waals surface area contributed by atoms with Crippen molar-refractivity contribution >= 4 is 5.97 Å². The van der Waals surface area contributed by atoms with E-state index in [0.717, 1.165) is 25.7 Å². The van der Waals surface area contributed by atoms with Crippen LogP contribution in [0.5, 0.6) is 11.5 Å². The molecule has 0 heterocycles. The number of hydrogen-bond acceptors (Lipinski definition) is 4. The molecule has 4 nitrogen and oxygen atoms in total. The first kappa shape index (κ1) is 26.1. The van der Waals surface area contributed by atoms with Gasteiger partial charge in [0.25, 0.3) is 0 Å². The molecule has 170 valence electrons. The van der Waals surface area contributed by atoms with Gasteiger partial charge in [0.15, 0.2) is 11.5 Å². The number of unbranched alkanes of at least 4 members (excludes halogenated alkanes) is 11. The van der Waals surface area contributed by atoms with E-state index in [0.29, 0.717) is 12.0 Å². The van der Waals surface area contributed by atoms with Gasteiger partial charge >= 0.3 is 5.97 Å². The molecule has 0 radical (unpaired) electrons. The van der Waals surface area contributed by atoms with Gasteiger partial charge in [0.05, 0.1) is 0 Å². The van der Waals surface area contributed by atoms with E-state index < -0.39 is 6.10 Å². The summed E-state index contributed by atoms with van der Waals surface area (Å²) < 4.78 is 5.41. The predicted octanol–water partition coefficient (Wildman–Crippen LogP) is 7.74. The Morgan fingerprint density at radius 1 is 0.867 bits per heavy atom. The van der Waals surface area contributed by atoms with Gasteiger partial charge in [-0.3, -0.25) is 4.79 Å². The van der Waals surface area contributed by atoms with Crippen molar-refractivity contribution in [3.8, 4) is 11.5 Å². The number of phenolic OH excluding ortho intramolecular Hbond substituents is 2. The summed E-state index contributed by atoms with van der Waals surface area (Å²) in [4.78, 5) is 12.0. The van der Waals surface area contributed by atoms with Crippen LogP contribution < -0.4 is 0 Å². The lowest BCUT2D eigenvalue weighted by molar-refractivity contribution is -0.148. The molecule has 0 aliphatic rings. The summed E-state index contributed by atoms with van der Waals surface area (Å²) in [5.74, 6) is -0.592. The average Bonchev–Trinajstić information content (AvgIpc) is 2.72. The minimum absolute atomic E-state index is 0.175. The molecule has 0 aliphatic carbocycles. The van der Waals surface area contributed by atoms with Crippen LogP contribution in [-0.4, -0.2) is 16.2 Å². The van der Waals surface area contributed by atoms with E-state index in [1.165, 1.54) is 69.9 Å². The van der Waals surface area contributed by atoms with Crippen LogP contribution in [0.2, 0.25) is 0 Å². The highest BCUT2D eigenvalue weighted by atomic mass is 16.5. The van der Waals surface area contributed by atoms with Crippen molar-refractivity contribution in [1.82, 2.24) is 0 Å². The molecule has 0 spiro atoms. The van der Waals surface area contributed by atoms with E-state index in [1.807, 2.05) is 0 Å². The van der Waals surface area contributed by atoms with Gasteiger partial charge in [-0.25, -0.2) is 0 Å². The zero-order chi connectivity index (χ0) is 22.0. The highest BCUT2D eigenvalue weighted by Crippen LogP contribution is 2.29. The van der Waals surface area contributed by atoms with Crippen LogP contribution in [0.15, 0.2) is 30.4 Å². The van der Waals surface area contributed by atoms with E-state index in [4.69, 9.17) is 4.74 Å². The molecule has 1 aromatic rings. The molecule has 0 amide bonds. The standard InChI is InChI=1S/C26H42O4/c1-3-4-5-6-7-8-9-10-11-12-13-14-15-16-17-18-26(29)30-22(2)23-19-20-24(27)25(28)21-23/h10-11,19-22,27-28H,3-9,12-18H2,1-2H3. The van der Waals surface area contributed by atoms with Crippen LogP contribution in [0.25, 0.3) is 0 Å². The van der Waals surface area contributed by atoms with Crippen LogP contribution in [0.4, 0.5) is 0 Å². The summed E-state index contributed by atoms with van der Waals surface area (Å²) >= 11 is 0. The monoisotopic (exact) mass is 418 g/mol. The van der Waals surface area contributed by atoms with Gasteiger partial charge in [0, 0.05) is 6.42 Å². The maximum absolute atomic E-state index is 12.0. The quantitative estimate of drug-likeness (QED) is 0.117. The lowest BCUT2D eigenvalue weighted by atomic mass is 10.1. The Labute approximate surface area is 183 Å². The third-order valence-electron chi connectivity index (χ3n) is 5.42. The smallest absolute Gasteiger partial charge is 0.306 e. The minimum atomic E-state index is -0.438. The zero-order valence-electron chi connectivity index (χ0n) is 19.1. The molecule has 1 atom stereocenters. The number of hydrogen-bond donors (Lipinski definition) is 2. The summed E-state index contributed by atoms with van der Waals surface area (Å²) in [6.07, 6.45) is 20.7. The van der Waals surface area contributed by atoms with Crippen LogP contribution in [0, 0.1) is 0 Å². The largest absolute Gasteiger partial charge is 0.504 e. The fourth-order valence-corrected chi connectivity index (χ4v) is 3.46. The number of phenols is 2. The molecule has 0 saturated heterocycles. The maximum Gasteiger partial charge on any atom is 0.306 e. The SMILES string of the molecule is CCCCCCCCC=CCCCCCCCC(=O)OC(C)c1ccc(O)c(O)c1. The number of benzene rings is 1. The Balaban J connectivity index is 1.96. The van der Waals surface area contributed by atoms with E-state index >= 15 is 0 Å². The number of esters is 1. The van der Waals surface area contributed by atoms with Crippen molar-refractivity contribution in [1.29, 1.82) is 0 Å². The molecular weight excluding hydrogens is 376 g/mol. The van der Waals surface area contributed by atoms with Crippen molar-refractivity contribution in [3.05, 3.63) is 35.9 Å². The van der Waals surface area contributed by atoms with Crippen LogP contribution in [0.1, 0.15) is 115 Å².